The van der Waals surface area contributed by atoms with E-state index >= 15 is 0 Å². The molecular weight excluding hydrogens is 294 g/mol. The number of carboxylic acid groups (broad SMARTS) is 1. The Labute approximate surface area is 134 Å². The summed E-state index contributed by atoms with van der Waals surface area (Å²) in [6.07, 6.45) is 3.99. The van der Waals surface area contributed by atoms with Crippen LogP contribution in [-0.2, 0) is 11.4 Å². The average molecular weight is 313 g/mol. The van der Waals surface area contributed by atoms with Gasteiger partial charge in [-0.1, -0.05) is 24.3 Å². The zero-order valence-corrected chi connectivity index (χ0v) is 13.0. The lowest BCUT2D eigenvalue weighted by atomic mass is 10.1. The van der Waals surface area contributed by atoms with Gasteiger partial charge in [0, 0.05) is 43.7 Å². The molecule has 6 heteroatoms. The van der Waals surface area contributed by atoms with Gasteiger partial charge in [-0.3, -0.25) is 4.79 Å². The van der Waals surface area contributed by atoms with Gasteiger partial charge in [0.15, 0.2) is 0 Å². The number of aromatic nitrogens is 2. The quantitative estimate of drug-likeness (QED) is 0.692. The lowest BCUT2D eigenvalue weighted by Crippen LogP contribution is -1.89. The number of aliphatic carboxylic acids is 1. The van der Waals surface area contributed by atoms with Crippen LogP contribution >= 0.6 is 0 Å². The minimum Gasteiger partial charge on any atom is -0.481 e. The van der Waals surface area contributed by atoms with Crippen molar-refractivity contribution in [2.45, 2.75) is 13.5 Å². The second kappa shape index (κ2) is 7.42. The number of pyridine rings is 1. The first-order chi connectivity index (χ1) is 11.0. The van der Waals surface area contributed by atoms with Crippen molar-refractivity contribution in [1.82, 2.24) is 9.38 Å². The molecular formula is C17H19N3O3. The van der Waals surface area contributed by atoms with Crippen LogP contribution in [0.5, 0.6) is 0 Å². The molecule has 3 rings (SSSR count). The molecule has 0 saturated heterocycles. The molecule has 3 aromatic rings. The van der Waals surface area contributed by atoms with Crippen molar-refractivity contribution in [3.05, 3.63) is 54.4 Å². The molecule has 2 heterocycles. The van der Waals surface area contributed by atoms with Gasteiger partial charge in [-0.15, -0.1) is 0 Å². The highest BCUT2D eigenvalue weighted by atomic mass is 16.4. The van der Waals surface area contributed by atoms with Crippen molar-refractivity contribution in [2.75, 3.05) is 12.4 Å². The second-order valence-corrected chi connectivity index (χ2v) is 4.93. The molecule has 0 aliphatic heterocycles. The van der Waals surface area contributed by atoms with Gasteiger partial charge in [0.1, 0.15) is 5.65 Å². The number of hydrogen-bond donors (Lipinski definition) is 3. The van der Waals surface area contributed by atoms with Crippen LogP contribution < -0.4 is 5.32 Å². The van der Waals surface area contributed by atoms with Gasteiger partial charge in [-0.2, -0.15) is 0 Å². The van der Waals surface area contributed by atoms with E-state index in [1.807, 2.05) is 60.2 Å². The van der Waals surface area contributed by atoms with E-state index < -0.39 is 5.97 Å². The molecule has 2 aromatic heterocycles. The Balaban J connectivity index is 0.000000433. The van der Waals surface area contributed by atoms with Crippen molar-refractivity contribution >= 4 is 17.3 Å². The summed E-state index contributed by atoms with van der Waals surface area (Å²) >= 11 is 0. The van der Waals surface area contributed by atoms with E-state index in [2.05, 4.69) is 10.3 Å². The van der Waals surface area contributed by atoms with Crippen molar-refractivity contribution < 1.29 is 15.0 Å². The van der Waals surface area contributed by atoms with Crippen molar-refractivity contribution in [3.63, 3.8) is 0 Å². The van der Waals surface area contributed by atoms with Crippen molar-refractivity contribution in [2.24, 2.45) is 0 Å². The molecule has 3 N–H and O–H groups in total. The fourth-order valence-corrected chi connectivity index (χ4v) is 2.06. The molecule has 0 atom stereocenters. The van der Waals surface area contributed by atoms with E-state index in [0.717, 1.165) is 35.1 Å². The molecule has 1 aromatic carbocycles. The largest absolute Gasteiger partial charge is 0.481 e. The number of aliphatic hydroxyl groups excluding tert-OH is 1. The zero-order chi connectivity index (χ0) is 16.8. The van der Waals surface area contributed by atoms with Crippen molar-refractivity contribution in [3.8, 4) is 11.3 Å². The number of nitrogens with one attached hydrogen (secondary N) is 1. The number of carbonyl (C=O) groups is 1. The zero-order valence-electron chi connectivity index (χ0n) is 13.0. The third-order valence-corrected chi connectivity index (χ3v) is 3.18. The predicted octanol–water partition coefficient (Wildman–Crippen LogP) is 2.63. The third-order valence-electron chi connectivity index (χ3n) is 3.18. The maximum absolute atomic E-state index is 9.04. The van der Waals surface area contributed by atoms with E-state index in [-0.39, 0.29) is 6.61 Å². The van der Waals surface area contributed by atoms with Crippen LogP contribution in [0.4, 0.5) is 5.69 Å². The monoisotopic (exact) mass is 313 g/mol. The smallest absolute Gasteiger partial charge is 0.300 e. The van der Waals surface area contributed by atoms with E-state index in [0.29, 0.717) is 0 Å². The Hall–Kier alpha value is -2.86. The molecule has 0 radical (unpaired) electrons. The molecule has 0 bridgehead atoms. The summed E-state index contributed by atoms with van der Waals surface area (Å²) in [5, 5.41) is 19.6. The first kappa shape index (κ1) is 16.5. The summed E-state index contributed by atoms with van der Waals surface area (Å²) in [4.78, 5) is 13.6. The maximum Gasteiger partial charge on any atom is 0.300 e. The van der Waals surface area contributed by atoms with Gasteiger partial charge < -0.3 is 19.9 Å². The number of carboxylic acids is 1. The summed E-state index contributed by atoms with van der Waals surface area (Å²) in [5.74, 6) is -0.833. The molecule has 0 amide bonds. The van der Waals surface area contributed by atoms with Crippen LogP contribution in [-0.4, -0.2) is 32.6 Å². The van der Waals surface area contributed by atoms with Crippen LogP contribution in [0.15, 0.2) is 48.8 Å². The summed E-state index contributed by atoms with van der Waals surface area (Å²) in [6, 6.07) is 11.8. The van der Waals surface area contributed by atoms with E-state index in [4.69, 9.17) is 15.0 Å². The lowest BCUT2D eigenvalue weighted by molar-refractivity contribution is -0.134. The molecule has 0 aliphatic rings. The van der Waals surface area contributed by atoms with Crippen LogP contribution in [0.2, 0.25) is 0 Å². The molecule has 23 heavy (non-hydrogen) atoms. The van der Waals surface area contributed by atoms with Crippen LogP contribution in [0, 0.1) is 0 Å². The SMILES string of the molecule is CC(=O)O.CNc1ccn2cc(-c3ccc(CO)cc3)nc2c1. The van der Waals surface area contributed by atoms with E-state index in [1.165, 1.54) is 0 Å². The van der Waals surface area contributed by atoms with Crippen LogP contribution in [0.25, 0.3) is 16.9 Å². The summed E-state index contributed by atoms with van der Waals surface area (Å²) in [6.45, 7) is 1.15. The fraction of sp³-hybridized carbons (Fsp3) is 0.176. The first-order valence-corrected chi connectivity index (χ1v) is 7.09. The highest BCUT2D eigenvalue weighted by molar-refractivity contribution is 5.65. The molecule has 0 saturated carbocycles. The third kappa shape index (κ3) is 4.31. The van der Waals surface area contributed by atoms with Gasteiger partial charge in [0.25, 0.3) is 5.97 Å². The Morgan fingerprint density at radius 3 is 2.48 bits per heavy atom. The molecule has 0 aliphatic carbocycles. The molecule has 0 fully saturated rings. The van der Waals surface area contributed by atoms with Crippen LogP contribution in [0.3, 0.4) is 0 Å². The highest BCUT2D eigenvalue weighted by Crippen LogP contribution is 2.21. The average Bonchev–Trinajstić information content (AvgIpc) is 2.97. The first-order valence-electron chi connectivity index (χ1n) is 7.09. The molecule has 6 nitrogen and oxygen atoms in total. The minimum absolute atomic E-state index is 0.0664. The number of imidazole rings is 1. The Morgan fingerprint density at radius 2 is 1.91 bits per heavy atom. The fourth-order valence-electron chi connectivity index (χ4n) is 2.06. The molecule has 0 spiro atoms. The van der Waals surface area contributed by atoms with Gasteiger partial charge in [0.05, 0.1) is 12.3 Å². The summed E-state index contributed by atoms with van der Waals surface area (Å²) in [5.41, 5.74) is 4.84. The van der Waals surface area contributed by atoms with E-state index in [9.17, 15) is 0 Å². The Morgan fingerprint density at radius 1 is 1.26 bits per heavy atom. The van der Waals surface area contributed by atoms with Gasteiger partial charge in [-0.05, 0) is 11.6 Å². The number of aliphatic hydroxyl groups is 1. The predicted molar refractivity (Wildman–Crippen MR) is 89.4 cm³/mol. The standard InChI is InChI=1S/C15H15N3O.C2H4O2/c1-16-13-6-7-18-9-14(17-15(18)8-13)12-4-2-11(10-19)3-5-12;1-2(3)4/h2-9,16,19H,10H2,1H3;1H3,(H,3,4). The number of nitrogens with zero attached hydrogens (tertiary/aromatic N) is 2. The number of hydrogen-bond acceptors (Lipinski definition) is 4. The van der Waals surface area contributed by atoms with Gasteiger partial charge in [0.2, 0.25) is 0 Å². The minimum atomic E-state index is -0.833. The highest BCUT2D eigenvalue weighted by Gasteiger charge is 2.04. The van der Waals surface area contributed by atoms with Gasteiger partial charge in [-0.25, -0.2) is 4.98 Å². The molecule has 0 unspecified atom stereocenters. The number of anilines is 1. The summed E-state index contributed by atoms with van der Waals surface area (Å²) < 4.78 is 2.00. The second-order valence-electron chi connectivity index (χ2n) is 4.93. The molecule has 120 valence electrons. The topological polar surface area (TPSA) is 86.9 Å². The Kier molecular flexibility index (Phi) is 5.32. The number of rotatable bonds is 3. The lowest BCUT2D eigenvalue weighted by Gasteiger charge is -1.98. The Bertz CT molecular complexity index is 790. The maximum atomic E-state index is 9.04. The normalized spacial score (nSPS) is 10.0. The van der Waals surface area contributed by atoms with Crippen LogP contribution in [0.1, 0.15) is 12.5 Å². The van der Waals surface area contributed by atoms with Gasteiger partial charge >= 0.3 is 0 Å². The van der Waals surface area contributed by atoms with E-state index in [1.54, 1.807) is 0 Å². The van der Waals surface area contributed by atoms with Crippen molar-refractivity contribution in [1.29, 1.82) is 0 Å². The number of fused-ring (bicyclic) bond motifs is 1. The summed E-state index contributed by atoms with van der Waals surface area (Å²) in [7, 11) is 1.89. The number of benzene rings is 1.